The van der Waals surface area contributed by atoms with Crippen LogP contribution in [0.1, 0.15) is 44.2 Å². The Hall–Kier alpha value is -2.93. The number of pyridine rings is 1. The highest BCUT2D eigenvalue weighted by molar-refractivity contribution is 7.89. The minimum absolute atomic E-state index is 0.0298. The van der Waals surface area contributed by atoms with Crippen LogP contribution in [0.4, 0.5) is 0 Å². The van der Waals surface area contributed by atoms with E-state index in [4.69, 9.17) is 4.74 Å². The molecule has 1 N–H and O–H groups in total. The smallest absolute Gasteiger partial charge is 0.247 e. The first-order chi connectivity index (χ1) is 17.2. The molecule has 36 heavy (non-hydrogen) atoms. The molecule has 1 aromatic carbocycles. The Labute approximate surface area is 213 Å². The fourth-order valence-electron chi connectivity index (χ4n) is 4.43. The van der Waals surface area contributed by atoms with E-state index >= 15 is 0 Å². The molecule has 8 nitrogen and oxygen atoms in total. The van der Waals surface area contributed by atoms with Crippen LogP contribution in [0.2, 0.25) is 0 Å². The number of sulfonamides is 1. The number of carbonyl (C=O) groups excluding carboxylic acids is 1. The van der Waals surface area contributed by atoms with E-state index in [1.165, 1.54) is 10.4 Å². The molecule has 1 aliphatic heterocycles. The van der Waals surface area contributed by atoms with Crippen molar-refractivity contribution in [2.24, 2.45) is 11.8 Å². The Balaban J connectivity index is 1.71. The summed E-state index contributed by atoms with van der Waals surface area (Å²) >= 11 is 0. The number of nitrogens with zero attached hydrogens (tertiary/aromatic N) is 3. The number of hydrogen-bond donors (Lipinski definition) is 1. The lowest BCUT2D eigenvalue weighted by molar-refractivity contribution is -0.138. The molecular formula is C27H33N3O5S. The molecule has 0 bridgehead atoms. The molecule has 0 unspecified atom stereocenters. The van der Waals surface area contributed by atoms with Gasteiger partial charge in [0.15, 0.2) is 0 Å². The van der Waals surface area contributed by atoms with Gasteiger partial charge in [-0.05, 0) is 50.1 Å². The second kappa shape index (κ2) is 11.0. The van der Waals surface area contributed by atoms with E-state index in [9.17, 15) is 18.3 Å². The summed E-state index contributed by atoms with van der Waals surface area (Å²) in [6.45, 7) is 3.80. The van der Waals surface area contributed by atoms with Crippen LogP contribution in [-0.2, 0) is 14.8 Å². The van der Waals surface area contributed by atoms with E-state index in [0.717, 1.165) is 24.8 Å². The molecule has 0 saturated heterocycles. The lowest BCUT2D eigenvalue weighted by atomic mass is 9.84. The third-order valence-electron chi connectivity index (χ3n) is 6.98. The lowest BCUT2D eigenvalue weighted by Gasteiger charge is -2.38. The zero-order valence-corrected chi connectivity index (χ0v) is 21.7. The highest BCUT2D eigenvalue weighted by atomic mass is 32.2. The molecule has 1 aliphatic carbocycles. The van der Waals surface area contributed by atoms with Crippen molar-refractivity contribution in [2.75, 3.05) is 26.7 Å². The number of ether oxygens (including phenoxy) is 1. The Kier molecular flexibility index (Phi) is 7.98. The Morgan fingerprint density at radius 2 is 1.92 bits per heavy atom. The number of aliphatic hydroxyl groups excluding tert-OH is 1. The van der Waals surface area contributed by atoms with Crippen LogP contribution in [0.15, 0.2) is 47.6 Å². The maximum Gasteiger partial charge on any atom is 0.247 e. The van der Waals surface area contributed by atoms with Gasteiger partial charge in [0.25, 0.3) is 0 Å². The number of fused-ring (bicyclic) bond motifs is 1. The summed E-state index contributed by atoms with van der Waals surface area (Å²) in [4.78, 5) is 18.5. The van der Waals surface area contributed by atoms with Crippen molar-refractivity contribution in [1.29, 1.82) is 0 Å². The van der Waals surface area contributed by atoms with Gasteiger partial charge >= 0.3 is 0 Å². The number of amides is 1. The molecule has 0 spiro atoms. The fraction of sp³-hybridized carbons (Fsp3) is 0.481. The van der Waals surface area contributed by atoms with Gasteiger partial charge in [-0.1, -0.05) is 25.2 Å². The fourth-order valence-corrected chi connectivity index (χ4v) is 6.25. The van der Waals surface area contributed by atoms with Gasteiger partial charge in [-0.25, -0.2) is 8.42 Å². The summed E-state index contributed by atoms with van der Waals surface area (Å²) in [5.41, 5.74) is 1.39. The van der Waals surface area contributed by atoms with E-state index in [0.29, 0.717) is 12.1 Å². The van der Waals surface area contributed by atoms with Crippen LogP contribution < -0.4 is 4.74 Å². The molecular weight excluding hydrogens is 478 g/mol. The third kappa shape index (κ3) is 5.56. The van der Waals surface area contributed by atoms with E-state index in [1.54, 1.807) is 55.5 Å². The maximum atomic E-state index is 13.6. The molecule has 3 atom stereocenters. The molecule has 1 aromatic heterocycles. The maximum absolute atomic E-state index is 13.6. The average Bonchev–Trinajstić information content (AvgIpc) is 2.83. The number of likely N-dealkylation sites (N-methyl/N-ethyl adjacent to an activating group) is 1. The summed E-state index contributed by atoms with van der Waals surface area (Å²) in [7, 11) is -2.16. The second-order valence-electron chi connectivity index (χ2n) is 9.73. The molecule has 192 valence electrons. The predicted molar refractivity (Wildman–Crippen MR) is 136 cm³/mol. The van der Waals surface area contributed by atoms with Crippen molar-refractivity contribution >= 4 is 15.9 Å². The van der Waals surface area contributed by atoms with Crippen molar-refractivity contribution in [3.05, 3.63) is 53.9 Å². The van der Waals surface area contributed by atoms with E-state index < -0.39 is 22.2 Å². The summed E-state index contributed by atoms with van der Waals surface area (Å²) < 4.78 is 34.9. The number of aromatic nitrogens is 1. The number of carbonyl (C=O) groups is 1. The molecule has 2 heterocycles. The summed E-state index contributed by atoms with van der Waals surface area (Å²) in [6, 6.07) is 7.79. The molecule has 2 aliphatic rings. The average molecular weight is 512 g/mol. The van der Waals surface area contributed by atoms with Crippen molar-refractivity contribution in [3.8, 4) is 17.6 Å². The molecule has 1 saturated carbocycles. The van der Waals surface area contributed by atoms with Gasteiger partial charge in [0.1, 0.15) is 16.7 Å². The van der Waals surface area contributed by atoms with Gasteiger partial charge in [0, 0.05) is 55.0 Å². The van der Waals surface area contributed by atoms with Crippen LogP contribution in [0, 0.1) is 23.7 Å². The first kappa shape index (κ1) is 26.1. The van der Waals surface area contributed by atoms with Crippen LogP contribution in [0.25, 0.3) is 0 Å². The normalized spacial score (nSPS) is 22.4. The zero-order valence-electron chi connectivity index (χ0n) is 20.9. The molecule has 1 amide bonds. The SMILES string of the molecule is C[C@H](CO)N1C[C@H](C)[C@@H](CN(C)C(=O)C2CCC2)Oc2cc(C#Cc3ccncc3)ccc2S1(=O)=O. The Bertz CT molecular complexity index is 1250. The van der Waals surface area contributed by atoms with Crippen molar-refractivity contribution in [1.82, 2.24) is 14.2 Å². The molecule has 1 fully saturated rings. The van der Waals surface area contributed by atoms with Crippen LogP contribution in [0.3, 0.4) is 0 Å². The number of benzene rings is 1. The van der Waals surface area contributed by atoms with Gasteiger partial charge in [0.05, 0.1) is 13.2 Å². The van der Waals surface area contributed by atoms with E-state index in [2.05, 4.69) is 16.8 Å². The van der Waals surface area contributed by atoms with Gasteiger partial charge in [-0.3, -0.25) is 9.78 Å². The Morgan fingerprint density at radius 3 is 2.56 bits per heavy atom. The standard InChI is InChI=1S/C27H33N3O5S/c1-19-16-30(20(2)18-31)36(33,34)26-10-9-22(8-7-21-11-13-28-14-12-21)15-24(26)35-25(19)17-29(3)27(32)23-5-4-6-23/h9-15,19-20,23,25,31H,4-6,16-18H2,1-3H3/t19-,20+,25+/m0/s1. The van der Waals surface area contributed by atoms with E-state index in [1.807, 2.05) is 6.92 Å². The third-order valence-corrected chi connectivity index (χ3v) is 9.00. The topological polar surface area (TPSA) is 100 Å². The lowest BCUT2D eigenvalue weighted by Crippen LogP contribution is -2.50. The van der Waals surface area contributed by atoms with Gasteiger partial charge in [0.2, 0.25) is 15.9 Å². The van der Waals surface area contributed by atoms with Crippen LogP contribution in [0.5, 0.6) is 5.75 Å². The second-order valence-corrected chi connectivity index (χ2v) is 11.6. The number of aliphatic hydroxyl groups is 1. The van der Waals surface area contributed by atoms with Gasteiger partial charge in [-0.15, -0.1) is 0 Å². The number of hydrogen-bond acceptors (Lipinski definition) is 6. The monoisotopic (exact) mass is 511 g/mol. The van der Waals surface area contributed by atoms with Crippen molar-refractivity contribution in [2.45, 2.75) is 50.2 Å². The Morgan fingerprint density at radius 1 is 1.22 bits per heavy atom. The largest absolute Gasteiger partial charge is 0.487 e. The highest BCUT2D eigenvalue weighted by Crippen LogP contribution is 2.35. The minimum atomic E-state index is -3.94. The number of rotatable bonds is 5. The van der Waals surface area contributed by atoms with Crippen molar-refractivity contribution in [3.63, 3.8) is 0 Å². The summed E-state index contributed by atoms with van der Waals surface area (Å²) in [6.07, 6.45) is 5.77. The molecule has 4 rings (SSSR count). The molecule has 2 aromatic rings. The molecule has 0 radical (unpaired) electrons. The van der Waals surface area contributed by atoms with Crippen LogP contribution >= 0.6 is 0 Å². The van der Waals surface area contributed by atoms with E-state index in [-0.39, 0.29) is 41.5 Å². The van der Waals surface area contributed by atoms with Crippen LogP contribution in [-0.4, -0.2) is 72.5 Å². The highest BCUT2D eigenvalue weighted by Gasteiger charge is 2.39. The molecule has 9 heteroatoms. The summed E-state index contributed by atoms with van der Waals surface area (Å²) in [5.74, 6) is 6.25. The predicted octanol–water partition coefficient (Wildman–Crippen LogP) is 2.51. The zero-order chi connectivity index (χ0) is 25.9. The first-order valence-corrected chi connectivity index (χ1v) is 13.7. The van der Waals surface area contributed by atoms with Gasteiger partial charge < -0.3 is 14.7 Å². The first-order valence-electron chi connectivity index (χ1n) is 12.3. The quantitative estimate of drug-likeness (QED) is 0.620. The van der Waals surface area contributed by atoms with Gasteiger partial charge in [-0.2, -0.15) is 4.31 Å². The minimum Gasteiger partial charge on any atom is -0.487 e. The van der Waals surface area contributed by atoms with Crippen molar-refractivity contribution < 1.29 is 23.1 Å². The summed E-state index contributed by atoms with van der Waals surface area (Å²) in [5, 5.41) is 9.80.